The van der Waals surface area contributed by atoms with Gasteiger partial charge in [-0.2, -0.15) is 0 Å². The van der Waals surface area contributed by atoms with Crippen LogP contribution in [0.1, 0.15) is 12.0 Å². The fourth-order valence-corrected chi connectivity index (χ4v) is 1.99. The summed E-state index contributed by atoms with van der Waals surface area (Å²) in [5.41, 5.74) is 1.07. The van der Waals surface area contributed by atoms with Gasteiger partial charge >= 0.3 is 0 Å². The first-order valence-electron chi connectivity index (χ1n) is 5.86. The summed E-state index contributed by atoms with van der Waals surface area (Å²) in [6.45, 7) is 2.92. The van der Waals surface area contributed by atoms with Crippen LogP contribution in [0.4, 0.5) is 0 Å². The summed E-state index contributed by atoms with van der Waals surface area (Å²) in [6.07, 6.45) is 1.66. The first kappa shape index (κ1) is 11.1. The molecule has 1 saturated heterocycles. The first-order chi connectivity index (χ1) is 7.84. The molecule has 0 saturated carbocycles. The fraction of sp³-hybridized carbons (Fsp3) is 0.462. The summed E-state index contributed by atoms with van der Waals surface area (Å²) < 4.78 is 0. The van der Waals surface area contributed by atoms with Crippen molar-refractivity contribution in [2.45, 2.75) is 12.8 Å². The fourth-order valence-electron chi connectivity index (χ4n) is 1.99. The second kappa shape index (κ2) is 5.66. The molecule has 3 nitrogen and oxygen atoms in total. The zero-order valence-corrected chi connectivity index (χ0v) is 9.41. The molecule has 1 aliphatic rings. The van der Waals surface area contributed by atoms with Crippen LogP contribution in [0.3, 0.4) is 0 Å². The van der Waals surface area contributed by atoms with E-state index in [1.54, 1.807) is 0 Å². The molecule has 0 aromatic heterocycles. The standard InChI is InChI=1S/C13H18N2O/c16-13(8-11-4-2-1-3-5-11)15-10-12-6-7-14-9-12/h1-5,12,14H,6-10H2,(H,15,16)/t12-/m1/s1. The molecule has 1 fully saturated rings. The molecule has 1 aliphatic heterocycles. The van der Waals surface area contributed by atoms with Gasteiger partial charge in [0.15, 0.2) is 0 Å². The molecule has 86 valence electrons. The van der Waals surface area contributed by atoms with Crippen molar-refractivity contribution >= 4 is 5.91 Å². The maximum atomic E-state index is 11.6. The number of benzene rings is 1. The monoisotopic (exact) mass is 218 g/mol. The Morgan fingerprint density at radius 1 is 1.38 bits per heavy atom. The van der Waals surface area contributed by atoms with E-state index in [1.807, 2.05) is 30.3 Å². The largest absolute Gasteiger partial charge is 0.355 e. The van der Waals surface area contributed by atoms with Crippen LogP contribution in [0.25, 0.3) is 0 Å². The highest BCUT2D eigenvalue weighted by Crippen LogP contribution is 2.05. The van der Waals surface area contributed by atoms with Gasteiger partial charge in [-0.15, -0.1) is 0 Å². The van der Waals surface area contributed by atoms with Crippen LogP contribution in [0.2, 0.25) is 0 Å². The van der Waals surface area contributed by atoms with Crippen molar-refractivity contribution in [3.63, 3.8) is 0 Å². The number of nitrogens with one attached hydrogen (secondary N) is 2. The van der Waals surface area contributed by atoms with E-state index in [-0.39, 0.29) is 5.91 Å². The maximum absolute atomic E-state index is 11.6. The second-order valence-electron chi connectivity index (χ2n) is 4.33. The summed E-state index contributed by atoms with van der Waals surface area (Å²) in [5, 5.41) is 6.29. The van der Waals surface area contributed by atoms with Crippen molar-refractivity contribution in [1.82, 2.24) is 10.6 Å². The minimum atomic E-state index is 0.123. The van der Waals surface area contributed by atoms with Crippen molar-refractivity contribution < 1.29 is 4.79 Å². The van der Waals surface area contributed by atoms with Gasteiger partial charge in [0.1, 0.15) is 0 Å². The average Bonchev–Trinajstić information content (AvgIpc) is 2.81. The number of hydrogen-bond acceptors (Lipinski definition) is 2. The molecule has 0 aliphatic carbocycles. The van der Waals surface area contributed by atoms with Crippen LogP contribution < -0.4 is 10.6 Å². The Morgan fingerprint density at radius 3 is 2.88 bits per heavy atom. The van der Waals surface area contributed by atoms with Gasteiger partial charge in [-0.25, -0.2) is 0 Å². The maximum Gasteiger partial charge on any atom is 0.224 e. The SMILES string of the molecule is O=C(Cc1ccccc1)NC[C@@H]1CCNC1. The summed E-state index contributed by atoms with van der Waals surface area (Å²) in [4.78, 5) is 11.6. The zero-order valence-electron chi connectivity index (χ0n) is 9.41. The summed E-state index contributed by atoms with van der Waals surface area (Å²) in [7, 11) is 0. The van der Waals surface area contributed by atoms with Gasteiger partial charge in [0.05, 0.1) is 6.42 Å². The average molecular weight is 218 g/mol. The highest BCUT2D eigenvalue weighted by Gasteiger charge is 2.14. The van der Waals surface area contributed by atoms with E-state index in [9.17, 15) is 4.79 Å². The van der Waals surface area contributed by atoms with Crippen LogP contribution in [-0.2, 0) is 11.2 Å². The third-order valence-electron chi connectivity index (χ3n) is 2.96. The van der Waals surface area contributed by atoms with Crippen LogP contribution in [-0.4, -0.2) is 25.5 Å². The number of carbonyl (C=O) groups excluding carboxylic acids is 1. The van der Waals surface area contributed by atoms with E-state index in [2.05, 4.69) is 10.6 Å². The van der Waals surface area contributed by atoms with E-state index in [0.29, 0.717) is 12.3 Å². The molecule has 1 atom stereocenters. The van der Waals surface area contributed by atoms with Crippen molar-refractivity contribution in [2.24, 2.45) is 5.92 Å². The van der Waals surface area contributed by atoms with E-state index in [1.165, 1.54) is 6.42 Å². The molecular weight excluding hydrogens is 200 g/mol. The quantitative estimate of drug-likeness (QED) is 0.790. The van der Waals surface area contributed by atoms with Crippen molar-refractivity contribution in [3.8, 4) is 0 Å². The molecule has 3 heteroatoms. The number of rotatable bonds is 4. The molecule has 1 aromatic rings. The zero-order chi connectivity index (χ0) is 11.2. The molecule has 1 aromatic carbocycles. The van der Waals surface area contributed by atoms with Crippen LogP contribution in [0.15, 0.2) is 30.3 Å². The van der Waals surface area contributed by atoms with Crippen LogP contribution in [0, 0.1) is 5.92 Å². The van der Waals surface area contributed by atoms with E-state index in [0.717, 1.165) is 25.2 Å². The smallest absolute Gasteiger partial charge is 0.224 e. The molecule has 0 spiro atoms. The van der Waals surface area contributed by atoms with Gasteiger partial charge in [-0.05, 0) is 31.0 Å². The number of carbonyl (C=O) groups is 1. The lowest BCUT2D eigenvalue weighted by Gasteiger charge is -2.09. The summed E-state index contributed by atoms with van der Waals surface area (Å²) in [5.74, 6) is 0.734. The Bertz CT molecular complexity index is 331. The van der Waals surface area contributed by atoms with Crippen LogP contribution in [0.5, 0.6) is 0 Å². The highest BCUT2D eigenvalue weighted by molar-refractivity contribution is 5.78. The molecule has 0 unspecified atom stereocenters. The number of amides is 1. The Balaban J connectivity index is 1.72. The molecule has 16 heavy (non-hydrogen) atoms. The lowest BCUT2D eigenvalue weighted by molar-refractivity contribution is -0.120. The normalized spacial score (nSPS) is 19.6. The second-order valence-corrected chi connectivity index (χ2v) is 4.33. The van der Waals surface area contributed by atoms with Gasteiger partial charge in [-0.3, -0.25) is 4.79 Å². The molecule has 1 heterocycles. The van der Waals surface area contributed by atoms with Crippen molar-refractivity contribution in [3.05, 3.63) is 35.9 Å². The van der Waals surface area contributed by atoms with E-state index < -0.39 is 0 Å². The Hall–Kier alpha value is -1.35. The number of hydrogen-bond donors (Lipinski definition) is 2. The summed E-state index contributed by atoms with van der Waals surface area (Å²) >= 11 is 0. The minimum Gasteiger partial charge on any atom is -0.355 e. The third kappa shape index (κ3) is 3.35. The molecule has 1 amide bonds. The van der Waals surface area contributed by atoms with Gasteiger partial charge < -0.3 is 10.6 Å². The third-order valence-corrected chi connectivity index (χ3v) is 2.96. The Kier molecular flexibility index (Phi) is 3.94. The van der Waals surface area contributed by atoms with Gasteiger partial charge in [0, 0.05) is 6.54 Å². The Labute approximate surface area is 96.2 Å². The molecular formula is C13H18N2O. The lowest BCUT2D eigenvalue weighted by atomic mass is 10.1. The van der Waals surface area contributed by atoms with Gasteiger partial charge in [0.2, 0.25) is 5.91 Å². The Morgan fingerprint density at radius 2 is 2.19 bits per heavy atom. The highest BCUT2D eigenvalue weighted by atomic mass is 16.1. The molecule has 2 rings (SSSR count). The first-order valence-corrected chi connectivity index (χ1v) is 5.86. The van der Waals surface area contributed by atoms with Crippen molar-refractivity contribution in [1.29, 1.82) is 0 Å². The molecule has 0 radical (unpaired) electrons. The van der Waals surface area contributed by atoms with Gasteiger partial charge in [-0.1, -0.05) is 30.3 Å². The lowest BCUT2D eigenvalue weighted by Crippen LogP contribution is -2.31. The predicted molar refractivity (Wildman–Crippen MR) is 64.1 cm³/mol. The van der Waals surface area contributed by atoms with E-state index in [4.69, 9.17) is 0 Å². The molecule has 0 bridgehead atoms. The van der Waals surface area contributed by atoms with E-state index >= 15 is 0 Å². The topological polar surface area (TPSA) is 41.1 Å². The minimum absolute atomic E-state index is 0.123. The van der Waals surface area contributed by atoms with Crippen LogP contribution >= 0.6 is 0 Å². The summed E-state index contributed by atoms with van der Waals surface area (Å²) in [6, 6.07) is 9.85. The van der Waals surface area contributed by atoms with Gasteiger partial charge in [0.25, 0.3) is 0 Å². The predicted octanol–water partition coefficient (Wildman–Crippen LogP) is 0.955. The van der Waals surface area contributed by atoms with Crippen molar-refractivity contribution in [2.75, 3.05) is 19.6 Å². The molecule has 2 N–H and O–H groups in total.